The van der Waals surface area contributed by atoms with Crippen LogP contribution in [0.1, 0.15) is 12.5 Å². The van der Waals surface area contributed by atoms with Crippen LogP contribution in [-0.4, -0.2) is 49.7 Å². The fourth-order valence-electron chi connectivity index (χ4n) is 3.86. The predicted molar refractivity (Wildman–Crippen MR) is 119 cm³/mol. The maximum absolute atomic E-state index is 13.0. The van der Waals surface area contributed by atoms with Crippen molar-refractivity contribution in [2.45, 2.75) is 18.4 Å². The van der Waals surface area contributed by atoms with Crippen LogP contribution in [0.4, 0.5) is 5.69 Å². The third-order valence-electron chi connectivity index (χ3n) is 5.42. The molecule has 30 heavy (non-hydrogen) atoms. The maximum Gasteiger partial charge on any atom is 0.243 e. The minimum Gasteiger partial charge on any atom is -0.326 e. The van der Waals surface area contributed by atoms with Gasteiger partial charge in [0.05, 0.1) is 4.90 Å². The molecule has 4 rings (SSSR count). The second kappa shape index (κ2) is 8.55. The van der Waals surface area contributed by atoms with Gasteiger partial charge in [-0.15, -0.1) is 0 Å². The summed E-state index contributed by atoms with van der Waals surface area (Å²) >= 11 is 0. The molecule has 156 valence electrons. The molecule has 3 aromatic carbocycles. The van der Waals surface area contributed by atoms with Gasteiger partial charge in [-0.25, -0.2) is 8.42 Å². The first-order chi connectivity index (χ1) is 14.4. The van der Waals surface area contributed by atoms with Crippen LogP contribution in [0.5, 0.6) is 0 Å². The van der Waals surface area contributed by atoms with Crippen molar-refractivity contribution >= 4 is 32.4 Å². The van der Waals surface area contributed by atoms with Crippen LogP contribution in [0.2, 0.25) is 0 Å². The van der Waals surface area contributed by atoms with Gasteiger partial charge in [0, 0.05) is 45.3 Å². The molecule has 1 fully saturated rings. The summed E-state index contributed by atoms with van der Waals surface area (Å²) in [5.74, 6) is -0.187. The molecule has 1 amide bonds. The molecular weight excluding hydrogens is 398 g/mol. The van der Waals surface area contributed by atoms with Crippen molar-refractivity contribution in [3.63, 3.8) is 0 Å². The summed E-state index contributed by atoms with van der Waals surface area (Å²) in [7, 11) is -3.54. The summed E-state index contributed by atoms with van der Waals surface area (Å²) in [5.41, 5.74) is 1.85. The van der Waals surface area contributed by atoms with E-state index in [0.717, 1.165) is 6.54 Å². The Kier molecular flexibility index (Phi) is 5.85. The standard InChI is InChI=1S/C23H25N3O3S/c1-18(27)24-21-9-11-22(12-10-21)30(28,29)26-15-13-25(14-16-26)17-20-7-4-6-19-5-2-3-8-23(19)20/h2-12H,13-17H2,1H3,(H,24,27). The Hall–Kier alpha value is -2.74. The number of piperazine rings is 1. The molecule has 1 aliphatic rings. The molecule has 1 N–H and O–H groups in total. The fraction of sp³-hybridized carbons (Fsp3) is 0.261. The second-order valence-corrected chi connectivity index (χ2v) is 9.46. The Morgan fingerprint density at radius 1 is 0.900 bits per heavy atom. The topological polar surface area (TPSA) is 69.7 Å². The van der Waals surface area contributed by atoms with E-state index < -0.39 is 10.0 Å². The van der Waals surface area contributed by atoms with Crippen LogP contribution in [0.25, 0.3) is 10.8 Å². The lowest BCUT2D eigenvalue weighted by Crippen LogP contribution is -2.48. The second-order valence-electron chi connectivity index (χ2n) is 7.52. The first kappa shape index (κ1) is 20.5. The lowest BCUT2D eigenvalue weighted by molar-refractivity contribution is -0.114. The normalized spacial score (nSPS) is 15.9. The van der Waals surface area contributed by atoms with Crippen LogP contribution >= 0.6 is 0 Å². The Balaban J connectivity index is 1.41. The van der Waals surface area contributed by atoms with E-state index in [4.69, 9.17) is 0 Å². The molecular formula is C23H25N3O3S. The molecule has 7 heteroatoms. The monoisotopic (exact) mass is 423 g/mol. The molecule has 0 spiro atoms. The van der Waals surface area contributed by atoms with Crippen molar-refractivity contribution in [2.24, 2.45) is 0 Å². The van der Waals surface area contributed by atoms with E-state index in [0.29, 0.717) is 31.9 Å². The van der Waals surface area contributed by atoms with Crippen LogP contribution in [0.15, 0.2) is 71.6 Å². The van der Waals surface area contributed by atoms with Crippen molar-refractivity contribution in [3.05, 3.63) is 72.3 Å². The summed E-state index contributed by atoms with van der Waals surface area (Å²) in [4.78, 5) is 13.7. The van der Waals surface area contributed by atoms with Gasteiger partial charge in [0.15, 0.2) is 0 Å². The smallest absolute Gasteiger partial charge is 0.243 e. The van der Waals surface area contributed by atoms with E-state index >= 15 is 0 Å². The quantitative estimate of drug-likeness (QED) is 0.684. The fourth-order valence-corrected chi connectivity index (χ4v) is 5.28. The number of hydrogen-bond acceptors (Lipinski definition) is 4. The van der Waals surface area contributed by atoms with E-state index in [9.17, 15) is 13.2 Å². The zero-order valence-corrected chi connectivity index (χ0v) is 17.7. The number of hydrogen-bond donors (Lipinski definition) is 1. The highest BCUT2D eigenvalue weighted by atomic mass is 32.2. The molecule has 1 aliphatic heterocycles. The van der Waals surface area contributed by atoms with Gasteiger partial charge >= 0.3 is 0 Å². The minimum absolute atomic E-state index is 0.187. The van der Waals surface area contributed by atoms with Crippen LogP contribution in [0, 0.1) is 0 Å². The van der Waals surface area contributed by atoms with Gasteiger partial charge in [-0.05, 0) is 40.6 Å². The zero-order chi connectivity index (χ0) is 21.1. The number of benzene rings is 3. The van der Waals surface area contributed by atoms with E-state index in [1.807, 2.05) is 12.1 Å². The minimum atomic E-state index is -3.54. The van der Waals surface area contributed by atoms with Crippen molar-refractivity contribution in [3.8, 4) is 0 Å². The van der Waals surface area contributed by atoms with Crippen LogP contribution in [-0.2, 0) is 21.4 Å². The molecule has 0 unspecified atom stereocenters. The van der Waals surface area contributed by atoms with Crippen molar-refractivity contribution in [1.29, 1.82) is 0 Å². The molecule has 0 atom stereocenters. The van der Waals surface area contributed by atoms with Crippen LogP contribution < -0.4 is 5.32 Å². The van der Waals surface area contributed by atoms with Gasteiger partial charge < -0.3 is 5.32 Å². The molecule has 3 aromatic rings. The molecule has 1 heterocycles. The summed E-state index contributed by atoms with van der Waals surface area (Å²) in [6.07, 6.45) is 0. The number of carbonyl (C=O) groups is 1. The summed E-state index contributed by atoms with van der Waals surface area (Å²) in [6.45, 7) is 4.52. The van der Waals surface area contributed by atoms with Crippen LogP contribution in [0.3, 0.4) is 0 Å². The molecule has 0 bridgehead atoms. The van der Waals surface area contributed by atoms with Gasteiger partial charge in [0.2, 0.25) is 15.9 Å². The van der Waals surface area contributed by atoms with E-state index in [1.165, 1.54) is 23.3 Å². The van der Waals surface area contributed by atoms with Gasteiger partial charge in [-0.3, -0.25) is 9.69 Å². The van der Waals surface area contributed by atoms with Crippen molar-refractivity contribution < 1.29 is 13.2 Å². The van der Waals surface area contributed by atoms with Gasteiger partial charge in [-0.1, -0.05) is 42.5 Å². The first-order valence-corrected chi connectivity index (χ1v) is 11.4. The number of nitrogens with one attached hydrogen (secondary N) is 1. The summed E-state index contributed by atoms with van der Waals surface area (Å²) < 4.78 is 27.5. The lowest BCUT2D eigenvalue weighted by atomic mass is 10.0. The number of anilines is 1. The van der Waals surface area contributed by atoms with E-state index in [2.05, 4.69) is 40.5 Å². The Labute approximate surface area is 177 Å². The number of fused-ring (bicyclic) bond motifs is 1. The van der Waals surface area contributed by atoms with E-state index in [1.54, 1.807) is 28.6 Å². The van der Waals surface area contributed by atoms with E-state index in [-0.39, 0.29) is 10.8 Å². The number of rotatable bonds is 5. The maximum atomic E-state index is 13.0. The molecule has 0 saturated carbocycles. The number of sulfonamides is 1. The SMILES string of the molecule is CC(=O)Nc1ccc(S(=O)(=O)N2CCN(Cc3cccc4ccccc34)CC2)cc1. The molecule has 0 radical (unpaired) electrons. The van der Waals surface area contributed by atoms with Crippen molar-refractivity contribution in [2.75, 3.05) is 31.5 Å². The number of nitrogens with zero attached hydrogens (tertiary/aromatic N) is 2. The zero-order valence-electron chi connectivity index (χ0n) is 16.9. The lowest BCUT2D eigenvalue weighted by Gasteiger charge is -2.34. The average Bonchev–Trinajstić information content (AvgIpc) is 2.74. The Morgan fingerprint density at radius 2 is 1.57 bits per heavy atom. The van der Waals surface area contributed by atoms with Crippen molar-refractivity contribution in [1.82, 2.24) is 9.21 Å². The molecule has 0 aromatic heterocycles. The van der Waals surface area contributed by atoms with Gasteiger partial charge in [0.25, 0.3) is 0 Å². The Morgan fingerprint density at radius 3 is 2.27 bits per heavy atom. The molecule has 0 aliphatic carbocycles. The van der Waals surface area contributed by atoms with Gasteiger partial charge in [0.1, 0.15) is 0 Å². The first-order valence-electron chi connectivity index (χ1n) is 10.0. The summed E-state index contributed by atoms with van der Waals surface area (Å²) in [6, 6.07) is 21.0. The van der Waals surface area contributed by atoms with Gasteiger partial charge in [-0.2, -0.15) is 4.31 Å². The number of amides is 1. The highest BCUT2D eigenvalue weighted by Gasteiger charge is 2.28. The summed E-state index contributed by atoms with van der Waals surface area (Å²) in [5, 5.41) is 5.12. The molecule has 1 saturated heterocycles. The predicted octanol–water partition coefficient (Wildman–Crippen LogP) is 3.30. The highest BCUT2D eigenvalue weighted by Crippen LogP contribution is 2.23. The molecule has 6 nitrogen and oxygen atoms in total. The highest BCUT2D eigenvalue weighted by molar-refractivity contribution is 7.89. The number of carbonyl (C=O) groups excluding carboxylic acids is 1. The third-order valence-corrected chi connectivity index (χ3v) is 7.33. The largest absolute Gasteiger partial charge is 0.326 e. The third kappa shape index (κ3) is 4.38. The Bertz CT molecular complexity index is 1150. The average molecular weight is 424 g/mol.